The van der Waals surface area contributed by atoms with Gasteiger partial charge in [0.25, 0.3) is 0 Å². The Balaban J connectivity index is 2.58. The number of aromatic nitrogens is 2. The van der Waals surface area contributed by atoms with Crippen molar-refractivity contribution in [2.24, 2.45) is 5.92 Å². The fourth-order valence-electron chi connectivity index (χ4n) is 1.73. The molecule has 0 aliphatic heterocycles. The summed E-state index contributed by atoms with van der Waals surface area (Å²) >= 11 is 0. The summed E-state index contributed by atoms with van der Waals surface area (Å²) in [6.45, 7) is 9.25. The summed E-state index contributed by atoms with van der Waals surface area (Å²) in [5, 5.41) is 12.7. The third-order valence-corrected chi connectivity index (χ3v) is 2.78. The molecule has 0 saturated carbocycles. The molecule has 6 heteroatoms. The van der Waals surface area contributed by atoms with Gasteiger partial charge in [-0.05, 0) is 19.8 Å². The molecule has 0 saturated heterocycles. The molecule has 108 valence electrons. The van der Waals surface area contributed by atoms with Crippen molar-refractivity contribution >= 4 is 5.97 Å². The first kappa shape index (κ1) is 15.6. The molecule has 0 spiro atoms. The average molecular weight is 269 g/mol. The number of hydrogen-bond acceptors (Lipinski definition) is 5. The van der Waals surface area contributed by atoms with E-state index in [4.69, 9.17) is 9.63 Å². The van der Waals surface area contributed by atoms with Crippen LogP contribution < -0.4 is 0 Å². The van der Waals surface area contributed by atoms with Crippen molar-refractivity contribution in [2.45, 2.75) is 53.1 Å². The fourth-order valence-corrected chi connectivity index (χ4v) is 1.73. The molecule has 0 aromatic carbocycles. The molecular formula is C13H23N3O3. The summed E-state index contributed by atoms with van der Waals surface area (Å²) in [6.07, 6.45) is 0.888. The van der Waals surface area contributed by atoms with E-state index in [9.17, 15) is 4.79 Å². The first-order valence-corrected chi connectivity index (χ1v) is 6.65. The van der Waals surface area contributed by atoms with Crippen LogP contribution in [-0.4, -0.2) is 38.7 Å². The summed E-state index contributed by atoms with van der Waals surface area (Å²) in [5.74, 6) is 0.947. The third-order valence-electron chi connectivity index (χ3n) is 2.78. The van der Waals surface area contributed by atoms with Crippen LogP contribution in [0.4, 0.5) is 0 Å². The van der Waals surface area contributed by atoms with Gasteiger partial charge in [0, 0.05) is 19.0 Å². The van der Waals surface area contributed by atoms with E-state index in [1.54, 1.807) is 0 Å². The number of rotatable bonds is 8. The highest BCUT2D eigenvalue weighted by Gasteiger charge is 2.16. The number of aliphatic carboxylic acids is 1. The highest BCUT2D eigenvalue weighted by molar-refractivity contribution is 5.66. The van der Waals surface area contributed by atoms with E-state index in [-0.39, 0.29) is 12.5 Å². The van der Waals surface area contributed by atoms with Gasteiger partial charge >= 0.3 is 5.97 Å². The van der Waals surface area contributed by atoms with Gasteiger partial charge in [-0.15, -0.1) is 0 Å². The van der Waals surface area contributed by atoms with Gasteiger partial charge in [0.2, 0.25) is 5.89 Å². The zero-order chi connectivity index (χ0) is 14.4. The molecule has 0 radical (unpaired) electrons. The molecule has 0 bridgehead atoms. The molecule has 0 aliphatic rings. The number of nitrogens with zero attached hydrogens (tertiary/aromatic N) is 3. The second kappa shape index (κ2) is 7.23. The molecule has 0 atom stereocenters. The number of carbonyl (C=O) groups is 1. The van der Waals surface area contributed by atoms with E-state index in [0.717, 1.165) is 6.42 Å². The molecule has 1 aromatic heterocycles. The highest BCUT2D eigenvalue weighted by Crippen LogP contribution is 2.09. The Kier molecular flexibility index (Phi) is 5.95. The van der Waals surface area contributed by atoms with Gasteiger partial charge in [-0.2, -0.15) is 4.98 Å². The Labute approximate surface area is 113 Å². The summed E-state index contributed by atoms with van der Waals surface area (Å²) in [5.41, 5.74) is 0. The van der Waals surface area contributed by atoms with E-state index >= 15 is 0 Å². The SMILES string of the molecule is CC(C)Cc1nc(CN(CCC(=O)O)C(C)C)no1. The molecule has 1 rings (SSSR count). The van der Waals surface area contributed by atoms with Crippen molar-refractivity contribution in [2.75, 3.05) is 6.54 Å². The molecule has 0 aliphatic carbocycles. The lowest BCUT2D eigenvalue weighted by Gasteiger charge is -2.23. The van der Waals surface area contributed by atoms with Crippen LogP contribution >= 0.6 is 0 Å². The van der Waals surface area contributed by atoms with Crippen molar-refractivity contribution in [3.8, 4) is 0 Å². The van der Waals surface area contributed by atoms with Gasteiger partial charge < -0.3 is 9.63 Å². The zero-order valence-electron chi connectivity index (χ0n) is 12.1. The molecule has 1 heterocycles. The van der Waals surface area contributed by atoms with Gasteiger partial charge in [0.15, 0.2) is 5.82 Å². The van der Waals surface area contributed by atoms with E-state index < -0.39 is 5.97 Å². The smallest absolute Gasteiger partial charge is 0.304 e. The molecule has 0 fully saturated rings. The van der Waals surface area contributed by atoms with Crippen LogP contribution in [0.3, 0.4) is 0 Å². The largest absolute Gasteiger partial charge is 0.481 e. The normalized spacial score (nSPS) is 11.7. The average Bonchev–Trinajstić information content (AvgIpc) is 2.70. The minimum Gasteiger partial charge on any atom is -0.481 e. The van der Waals surface area contributed by atoms with Crippen LogP contribution in [0, 0.1) is 5.92 Å². The minimum absolute atomic E-state index is 0.120. The quantitative estimate of drug-likeness (QED) is 0.777. The zero-order valence-corrected chi connectivity index (χ0v) is 12.1. The number of carboxylic acid groups (broad SMARTS) is 1. The van der Waals surface area contributed by atoms with Crippen LogP contribution in [0.2, 0.25) is 0 Å². The van der Waals surface area contributed by atoms with Crippen LogP contribution in [0.25, 0.3) is 0 Å². The van der Waals surface area contributed by atoms with E-state index in [1.165, 1.54) is 0 Å². The lowest BCUT2D eigenvalue weighted by atomic mass is 10.1. The summed E-state index contributed by atoms with van der Waals surface area (Å²) < 4.78 is 5.18. The van der Waals surface area contributed by atoms with E-state index in [2.05, 4.69) is 24.0 Å². The molecule has 0 unspecified atom stereocenters. The van der Waals surface area contributed by atoms with Crippen LogP contribution in [-0.2, 0) is 17.8 Å². The van der Waals surface area contributed by atoms with Gasteiger partial charge in [-0.25, -0.2) is 0 Å². The van der Waals surface area contributed by atoms with Crippen LogP contribution in [0.1, 0.15) is 45.8 Å². The lowest BCUT2D eigenvalue weighted by Crippen LogP contribution is -2.32. The summed E-state index contributed by atoms with van der Waals surface area (Å²) in [4.78, 5) is 17.0. The van der Waals surface area contributed by atoms with Crippen LogP contribution in [0.5, 0.6) is 0 Å². The summed E-state index contributed by atoms with van der Waals surface area (Å²) in [7, 11) is 0. The van der Waals surface area contributed by atoms with Gasteiger partial charge in [-0.3, -0.25) is 9.69 Å². The van der Waals surface area contributed by atoms with Gasteiger partial charge in [0.05, 0.1) is 13.0 Å². The maximum Gasteiger partial charge on any atom is 0.304 e. The van der Waals surface area contributed by atoms with Crippen molar-refractivity contribution in [1.29, 1.82) is 0 Å². The first-order valence-electron chi connectivity index (χ1n) is 6.65. The second-order valence-electron chi connectivity index (χ2n) is 5.41. The Hall–Kier alpha value is -1.43. The highest BCUT2D eigenvalue weighted by atomic mass is 16.5. The summed E-state index contributed by atoms with van der Waals surface area (Å²) in [6, 6.07) is 0.242. The lowest BCUT2D eigenvalue weighted by molar-refractivity contribution is -0.137. The van der Waals surface area contributed by atoms with Crippen molar-refractivity contribution in [3.63, 3.8) is 0 Å². The molecule has 6 nitrogen and oxygen atoms in total. The Bertz CT molecular complexity index is 402. The predicted molar refractivity (Wildman–Crippen MR) is 70.6 cm³/mol. The van der Waals surface area contributed by atoms with E-state index in [1.807, 2.05) is 18.7 Å². The van der Waals surface area contributed by atoms with Gasteiger partial charge in [0.1, 0.15) is 0 Å². The topological polar surface area (TPSA) is 79.5 Å². The monoisotopic (exact) mass is 269 g/mol. The molecular weight excluding hydrogens is 246 g/mol. The minimum atomic E-state index is -0.792. The predicted octanol–water partition coefficient (Wildman–Crippen LogP) is 1.95. The maximum absolute atomic E-state index is 10.6. The Morgan fingerprint density at radius 3 is 2.58 bits per heavy atom. The maximum atomic E-state index is 10.6. The van der Waals surface area contributed by atoms with Crippen molar-refractivity contribution < 1.29 is 14.4 Å². The number of hydrogen-bond donors (Lipinski definition) is 1. The molecule has 1 N–H and O–H groups in total. The Morgan fingerprint density at radius 2 is 2.05 bits per heavy atom. The molecule has 0 amide bonds. The van der Waals surface area contributed by atoms with Crippen molar-refractivity contribution in [1.82, 2.24) is 15.0 Å². The second-order valence-corrected chi connectivity index (χ2v) is 5.41. The van der Waals surface area contributed by atoms with Crippen LogP contribution in [0.15, 0.2) is 4.52 Å². The van der Waals surface area contributed by atoms with E-state index in [0.29, 0.717) is 30.7 Å². The third kappa shape index (κ3) is 5.83. The molecule has 1 aromatic rings. The van der Waals surface area contributed by atoms with Gasteiger partial charge in [-0.1, -0.05) is 19.0 Å². The first-order chi connectivity index (χ1) is 8.88. The standard InChI is InChI=1S/C13H23N3O3/c1-9(2)7-12-14-11(15-19-12)8-16(10(3)4)6-5-13(17)18/h9-10H,5-8H2,1-4H3,(H,17,18). The van der Waals surface area contributed by atoms with Crippen molar-refractivity contribution in [3.05, 3.63) is 11.7 Å². The number of carboxylic acids is 1. The Morgan fingerprint density at radius 1 is 1.37 bits per heavy atom. The fraction of sp³-hybridized carbons (Fsp3) is 0.769. The molecule has 19 heavy (non-hydrogen) atoms.